The molecular weight excluding hydrogens is 338 g/mol. The molecule has 6 heteroatoms. The molecule has 3 rings (SSSR count). The van der Waals surface area contributed by atoms with Gasteiger partial charge in [-0.1, -0.05) is 15.9 Å². The molecule has 0 unspecified atom stereocenters. The lowest BCUT2D eigenvalue weighted by atomic mass is 10.2. The molecule has 0 aliphatic carbocycles. The lowest BCUT2D eigenvalue weighted by Crippen LogP contribution is -2.46. The highest BCUT2D eigenvalue weighted by molar-refractivity contribution is 9.10. The van der Waals surface area contributed by atoms with E-state index in [2.05, 4.69) is 32.3 Å². The Morgan fingerprint density at radius 1 is 1.40 bits per heavy atom. The number of hydrogen-bond donors (Lipinski definition) is 1. The lowest BCUT2D eigenvalue weighted by molar-refractivity contribution is -0.131. The van der Waals surface area contributed by atoms with E-state index in [0.29, 0.717) is 6.42 Å². The number of piperazine rings is 1. The van der Waals surface area contributed by atoms with Crippen LogP contribution in [0.15, 0.2) is 22.7 Å². The topological polar surface area (TPSA) is 45.2 Å². The van der Waals surface area contributed by atoms with Gasteiger partial charge in [0.2, 0.25) is 5.91 Å². The first-order valence-corrected chi connectivity index (χ1v) is 8.37. The van der Waals surface area contributed by atoms with Gasteiger partial charge in [-0.15, -0.1) is 11.3 Å². The van der Waals surface area contributed by atoms with Gasteiger partial charge in [0.25, 0.3) is 0 Å². The van der Waals surface area contributed by atoms with Crippen molar-refractivity contribution in [2.24, 2.45) is 0 Å². The van der Waals surface area contributed by atoms with E-state index >= 15 is 0 Å². The maximum absolute atomic E-state index is 12.1. The van der Waals surface area contributed by atoms with E-state index in [-0.39, 0.29) is 5.91 Å². The van der Waals surface area contributed by atoms with Gasteiger partial charge in [-0.3, -0.25) is 4.79 Å². The second-order valence-corrected chi connectivity index (χ2v) is 6.88. The fourth-order valence-corrected chi connectivity index (χ4v) is 3.64. The minimum atomic E-state index is 0.243. The average Bonchev–Trinajstić information content (AvgIpc) is 2.87. The van der Waals surface area contributed by atoms with E-state index in [9.17, 15) is 4.79 Å². The molecule has 1 aliphatic heterocycles. The van der Waals surface area contributed by atoms with Gasteiger partial charge in [0.15, 0.2) is 0 Å². The highest BCUT2D eigenvalue weighted by Gasteiger charge is 2.16. The highest BCUT2D eigenvalue weighted by Crippen LogP contribution is 2.25. The van der Waals surface area contributed by atoms with Gasteiger partial charge in [-0.25, -0.2) is 4.98 Å². The van der Waals surface area contributed by atoms with Crippen LogP contribution in [-0.4, -0.2) is 42.0 Å². The van der Waals surface area contributed by atoms with E-state index in [4.69, 9.17) is 0 Å². The van der Waals surface area contributed by atoms with Crippen LogP contribution in [0.5, 0.6) is 0 Å². The van der Waals surface area contributed by atoms with E-state index in [1.54, 1.807) is 11.3 Å². The number of hydrogen-bond acceptors (Lipinski definition) is 4. The van der Waals surface area contributed by atoms with Crippen molar-refractivity contribution >= 4 is 43.4 Å². The van der Waals surface area contributed by atoms with Crippen molar-refractivity contribution in [2.45, 2.75) is 12.8 Å². The maximum Gasteiger partial charge on any atom is 0.223 e. The molecule has 2 aromatic rings. The summed E-state index contributed by atoms with van der Waals surface area (Å²) in [4.78, 5) is 18.6. The van der Waals surface area contributed by atoms with Crippen molar-refractivity contribution in [1.29, 1.82) is 0 Å². The fraction of sp³-hybridized carbons (Fsp3) is 0.429. The third-order valence-corrected chi connectivity index (χ3v) is 5.01. The number of carbonyl (C=O) groups excluding carboxylic acids is 1. The summed E-state index contributed by atoms with van der Waals surface area (Å²) in [6.07, 6.45) is 1.29. The average molecular weight is 354 g/mol. The van der Waals surface area contributed by atoms with Crippen molar-refractivity contribution in [3.8, 4) is 0 Å². The normalized spacial score (nSPS) is 15.8. The second-order valence-electron chi connectivity index (χ2n) is 4.85. The van der Waals surface area contributed by atoms with E-state index in [1.165, 1.54) is 4.70 Å². The Kier molecular flexibility index (Phi) is 4.33. The molecular formula is C14H16BrN3OS. The van der Waals surface area contributed by atoms with E-state index in [1.807, 2.05) is 17.0 Å². The molecule has 20 heavy (non-hydrogen) atoms. The molecule has 1 aromatic heterocycles. The van der Waals surface area contributed by atoms with Gasteiger partial charge in [0.05, 0.1) is 15.2 Å². The molecule has 1 fully saturated rings. The summed E-state index contributed by atoms with van der Waals surface area (Å²) in [5.74, 6) is 0.243. The van der Waals surface area contributed by atoms with Crippen molar-refractivity contribution in [2.75, 3.05) is 26.2 Å². The van der Waals surface area contributed by atoms with Gasteiger partial charge in [-0.05, 0) is 18.2 Å². The van der Waals surface area contributed by atoms with Crippen molar-refractivity contribution in [1.82, 2.24) is 15.2 Å². The zero-order valence-corrected chi connectivity index (χ0v) is 13.5. The highest BCUT2D eigenvalue weighted by atomic mass is 79.9. The number of aryl methyl sites for hydroxylation is 1. The quantitative estimate of drug-likeness (QED) is 0.921. The summed E-state index contributed by atoms with van der Waals surface area (Å²) in [5, 5.41) is 4.30. The number of benzene rings is 1. The molecule has 1 saturated heterocycles. The SMILES string of the molecule is O=C(CCc1nc2cc(Br)ccc2s1)N1CCNCC1. The molecule has 0 saturated carbocycles. The number of nitrogens with one attached hydrogen (secondary N) is 1. The van der Waals surface area contributed by atoms with Crippen LogP contribution in [0.1, 0.15) is 11.4 Å². The number of halogens is 1. The lowest BCUT2D eigenvalue weighted by Gasteiger charge is -2.27. The molecule has 1 N–H and O–H groups in total. The number of thiazole rings is 1. The summed E-state index contributed by atoms with van der Waals surface area (Å²) in [7, 11) is 0. The first-order valence-electron chi connectivity index (χ1n) is 6.76. The number of aromatic nitrogens is 1. The number of nitrogens with zero attached hydrogens (tertiary/aromatic N) is 2. The maximum atomic E-state index is 12.1. The standard InChI is InChI=1S/C14H16BrN3OS/c15-10-1-2-12-11(9-10)17-13(20-12)3-4-14(19)18-7-5-16-6-8-18/h1-2,9,16H,3-8H2. The summed E-state index contributed by atoms with van der Waals surface area (Å²) >= 11 is 5.13. The van der Waals surface area contributed by atoms with Crippen LogP contribution in [-0.2, 0) is 11.2 Å². The molecule has 4 nitrogen and oxygen atoms in total. The van der Waals surface area contributed by atoms with Gasteiger partial charge in [0, 0.05) is 43.5 Å². The summed E-state index contributed by atoms with van der Waals surface area (Å²) < 4.78 is 2.22. The minimum absolute atomic E-state index is 0.243. The Balaban J connectivity index is 1.63. The van der Waals surface area contributed by atoms with Crippen LogP contribution in [0.25, 0.3) is 10.2 Å². The van der Waals surface area contributed by atoms with E-state index in [0.717, 1.165) is 47.6 Å². The van der Waals surface area contributed by atoms with Gasteiger partial charge >= 0.3 is 0 Å². The summed E-state index contributed by atoms with van der Waals surface area (Å²) in [6.45, 7) is 3.46. The number of fused-ring (bicyclic) bond motifs is 1. The van der Waals surface area contributed by atoms with Crippen LogP contribution in [0.2, 0.25) is 0 Å². The molecule has 1 amide bonds. The molecule has 0 atom stereocenters. The van der Waals surface area contributed by atoms with Crippen LogP contribution in [0, 0.1) is 0 Å². The van der Waals surface area contributed by atoms with Crippen LogP contribution in [0.4, 0.5) is 0 Å². The smallest absolute Gasteiger partial charge is 0.223 e. The zero-order valence-electron chi connectivity index (χ0n) is 11.1. The predicted octanol–water partition coefficient (Wildman–Crippen LogP) is 2.42. The molecule has 1 aliphatic rings. The Morgan fingerprint density at radius 2 is 2.20 bits per heavy atom. The van der Waals surface area contributed by atoms with Gasteiger partial charge < -0.3 is 10.2 Å². The molecule has 1 aromatic carbocycles. The first kappa shape index (κ1) is 14.0. The minimum Gasteiger partial charge on any atom is -0.340 e. The van der Waals surface area contributed by atoms with Crippen LogP contribution < -0.4 is 5.32 Å². The fourth-order valence-electron chi connectivity index (χ4n) is 2.34. The van der Waals surface area contributed by atoms with Crippen molar-refractivity contribution < 1.29 is 4.79 Å². The van der Waals surface area contributed by atoms with Crippen LogP contribution in [0.3, 0.4) is 0 Å². The second kappa shape index (κ2) is 6.20. The summed E-state index contributed by atoms with van der Waals surface area (Å²) in [6, 6.07) is 6.11. The predicted molar refractivity (Wildman–Crippen MR) is 85.1 cm³/mol. The Labute approximate surface area is 130 Å². The third-order valence-electron chi connectivity index (χ3n) is 3.42. The third kappa shape index (κ3) is 3.19. The first-order chi connectivity index (χ1) is 9.72. The van der Waals surface area contributed by atoms with Gasteiger partial charge in [0.1, 0.15) is 0 Å². The Bertz CT molecular complexity index is 622. The number of amides is 1. The monoisotopic (exact) mass is 353 g/mol. The number of rotatable bonds is 3. The number of carbonyl (C=O) groups is 1. The van der Waals surface area contributed by atoms with Crippen molar-refractivity contribution in [3.63, 3.8) is 0 Å². The molecule has 0 bridgehead atoms. The zero-order chi connectivity index (χ0) is 13.9. The Hall–Kier alpha value is -0.980. The van der Waals surface area contributed by atoms with Gasteiger partial charge in [-0.2, -0.15) is 0 Å². The van der Waals surface area contributed by atoms with Crippen LogP contribution >= 0.6 is 27.3 Å². The molecule has 0 radical (unpaired) electrons. The van der Waals surface area contributed by atoms with E-state index < -0.39 is 0 Å². The summed E-state index contributed by atoms with van der Waals surface area (Å²) in [5.41, 5.74) is 1.01. The Morgan fingerprint density at radius 3 is 3.00 bits per heavy atom. The molecule has 0 spiro atoms. The van der Waals surface area contributed by atoms with Crippen molar-refractivity contribution in [3.05, 3.63) is 27.7 Å². The molecule has 2 heterocycles. The largest absolute Gasteiger partial charge is 0.340 e. The molecule has 106 valence electrons.